The molecule has 5 nitrogen and oxygen atoms in total. The maximum absolute atomic E-state index is 11.0. The number of ether oxygens (including phenoxy) is 1. The molecule has 1 amide bonds. The second kappa shape index (κ2) is 4.72. The van der Waals surface area contributed by atoms with Gasteiger partial charge < -0.3 is 10.5 Å². The predicted molar refractivity (Wildman–Crippen MR) is 53.7 cm³/mol. The van der Waals surface area contributed by atoms with Crippen LogP contribution < -0.4 is 5.73 Å². The molecule has 1 fully saturated rings. The van der Waals surface area contributed by atoms with Crippen LogP contribution in [0.5, 0.6) is 0 Å². The summed E-state index contributed by atoms with van der Waals surface area (Å²) in [6.45, 7) is 4.33. The predicted octanol–water partition coefficient (Wildman–Crippen LogP) is -0.920. The number of hydrogen-bond acceptors (Lipinski definition) is 4. The fraction of sp³-hybridized carbons (Fsp3) is 0.889. The fourth-order valence-electron chi connectivity index (χ4n) is 1.65. The number of rotatable bonds is 3. The Balaban J connectivity index is 2.54. The number of primary amides is 1. The molecule has 1 heterocycles. The van der Waals surface area contributed by atoms with Crippen LogP contribution in [0.2, 0.25) is 0 Å². The van der Waals surface area contributed by atoms with Gasteiger partial charge in [-0.2, -0.15) is 0 Å². The Kier molecular flexibility index (Phi) is 3.86. The number of methoxy groups -OCH3 is 1. The third-order valence-corrected chi connectivity index (χ3v) is 2.85. The summed E-state index contributed by atoms with van der Waals surface area (Å²) in [5.41, 5.74) is 5.25. The van der Waals surface area contributed by atoms with E-state index in [0.717, 1.165) is 19.6 Å². The maximum atomic E-state index is 11.0. The Morgan fingerprint density at radius 2 is 2.21 bits per heavy atom. The summed E-state index contributed by atoms with van der Waals surface area (Å²) in [7, 11) is 3.69. The van der Waals surface area contributed by atoms with Gasteiger partial charge in [0.15, 0.2) is 0 Å². The lowest BCUT2D eigenvalue weighted by Gasteiger charge is -2.40. The first-order chi connectivity index (χ1) is 6.56. The van der Waals surface area contributed by atoms with Crippen LogP contribution in [0, 0.1) is 0 Å². The highest BCUT2D eigenvalue weighted by Crippen LogP contribution is 2.10. The first-order valence-corrected chi connectivity index (χ1v) is 4.82. The summed E-state index contributed by atoms with van der Waals surface area (Å²) in [6, 6.07) is -0.207. The van der Waals surface area contributed by atoms with Crippen molar-refractivity contribution in [3.8, 4) is 0 Å². The standard InChI is InChI=1S/C9H19N3O2/c1-7(9(10)13)12-5-4-11(2)8(6-12)14-3/h7-8H,4-6H2,1-3H3,(H2,10,13). The molecule has 0 aromatic heterocycles. The van der Waals surface area contributed by atoms with Gasteiger partial charge in [-0.3, -0.25) is 14.6 Å². The van der Waals surface area contributed by atoms with Crippen LogP contribution >= 0.6 is 0 Å². The zero-order valence-electron chi connectivity index (χ0n) is 9.06. The van der Waals surface area contributed by atoms with Gasteiger partial charge in [0.05, 0.1) is 6.04 Å². The van der Waals surface area contributed by atoms with Gasteiger partial charge in [0, 0.05) is 26.7 Å². The van der Waals surface area contributed by atoms with Crippen molar-refractivity contribution in [3.05, 3.63) is 0 Å². The van der Waals surface area contributed by atoms with Crippen molar-refractivity contribution in [3.63, 3.8) is 0 Å². The zero-order chi connectivity index (χ0) is 10.7. The van der Waals surface area contributed by atoms with E-state index in [0.29, 0.717) is 0 Å². The first-order valence-electron chi connectivity index (χ1n) is 4.82. The van der Waals surface area contributed by atoms with Crippen molar-refractivity contribution in [2.75, 3.05) is 33.8 Å². The number of amides is 1. The molecule has 1 rings (SSSR count). The average Bonchev–Trinajstić information content (AvgIpc) is 2.17. The highest BCUT2D eigenvalue weighted by molar-refractivity contribution is 5.79. The van der Waals surface area contributed by atoms with Gasteiger partial charge in [-0.15, -0.1) is 0 Å². The Morgan fingerprint density at radius 1 is 1.57 bits per heavy atom. The number of nitrogens with two attached hydrogens (primary N) is 1. The van der Waals surface area contributed by atoms with E-state index in [1.807, 2.05) is 14.0 Å². The number of carbonyl (C=O) groups is 1. The minimum Gasteiger partial charge on any atom is -0.368 e. The lowest BCUT2D eigenvalue weighted by molar-refractivity contribution is -0.127. The highest BCUT2D eigenvalue weighted by atomic mass is 16.5. The van der Waals surface area contributed by atoms with Crippen LogP contribution in [-0.2, 0) is 9.53 Å². The smallest absolute Gasteiger partial charge is 0.234 e. The Labute approximate surface area is 84.8 Å². The molecule has 0 bridgehead atoms. The van der Waals surface area contributed by atoms with E-state index in [1.54, 1.807) is 7.11 Å². The Bertz CT molecular complexity index is 210. The molecule has 82 valence electrons. The van der Waals surface area contributed by atoms with E-state index in [4.69, 9.17) is 10.5 Å². The normalized spacial score (nSPS) is 27.5. The van der Waals surface area contributed by atoms with Crippen LogP contribution in [0.3, 0.4) is 0 Å². The molecule has 1 aliphatic rings. The van der Waals surface area contributed by atoms with Gasteiger partial charge in [0.1, 0.15) is 6.23 Å². The van der Waals surface area contributed by atoms with Crippen molar-refractivity contribution in [2.24, 2.45) is 5.73 Å². The molecule has 5 heteroatoms. The summed E-state index contributed by atoms with van der Waals surface area (Å²) < 4.78 is 5.30. The van der Waals surface area contributed by atoms with Gasteiger partial charge in [-0.05, 0) is 14.0 Å². The first kappa shape index (κ1) is 11.4. The van der Waals surface area contributed by atoms with Gasteiger partial charge in [0.2, 0.25) is 5.91 Å². The van der Waals surface area contributed by atoms with Crippen molar-refractivity contribution >= 4 is 5.91 Å². The topological polar surface area (TPSA) is 58.8 Å². The molecule has 14 heavy (non-hydrogen) atoms. The van der Waals surface area contributed by atoms with Gasteiger partial charge in [-0.1, -0.05) is 0 Å². The molecule has 0 saturated carbocycles. The molecule has 0 spiro atoms. The SMILES string of the molecule is COC1CN(C(C)C(N)=O)CCN1C. The third-order valence-electron chi connectivity index (χ3n) is 2.85. The van der Waals surface area contributed by atoms with E-state index >= 15 is 0 Å². The zero-order valence-corrected chi connectivity index (χ0v) is 9.06. The largest absolute Gasteiger partial charge is 0.368 e. The number of piperazine rings is 1. The molecule has 1 aliphatic heterocycles. The van der Waals surface area contributed by atoms with E-state index in [2.05, 4.69) is 9.80 Å². The summed E-state index contributed by atoms with van der Waals surface area (Å²) in [5, 5.41) is 0. The number of carbonyl (C=O) groups excluding carboxylic acids is 1. The number of likely N-dealkylation sites (N-methyl/N-ethyl adjacent to an activating group) is 1. The van der Waals surface area contributed by atoms with Crippen molar-refractivity contribution in [2.45, 2.75) is 19.2 Å². The van der Waals surface area contributed by atoms with Crippen molar-refractivity contribution < 1.29 is 9.53 Å². The van der Waals surface area contributed by atoms with Crippen molar-refractivity contribution in [1.82, 2.24) is 9.80 Å². The van der Waals surface area contributed by atoms with E-state index in [9.17, 15) is 4.79 Å². The fourth-order valence-corrected chi connectivity index (χ4v) is 1.65. The number of nitrogens with zero attached hydrogens (tertiary/aromatic N) is 2. The van der Waals surface area contributed by atoms with Crippen LogP contribution in [0.15, 0.2) is 0 Å². The van der Waals surface area contributed by atoms with Gasteiger partial charge >= 0.3 is 0 Å². The molecule has 1 saturated heterocycles. The molecule has 0 radical (unpaired) electrons. The second-order valence-corrected chi connectivity index (χ2v) is 3.74. The lowest BCUT2D eigenvalue weighted by atomic mass is 10.2. The molecule has 0 aliphatic carbocycles. The van der Waals surface area contributed by atoms with E-state index in [1.165, 1.54) is 0 Å². The average molecular weight is 201 g/mol. The Morgan fingerprint density at radius 3 is 2.71 bits per heavy atom. The molecule has 0 aromatic carbocycles. The summed E-state index contributed by atoms with van der Waals surface area (Å²) >= 11 is 0. The summed E-state index contributed by atoms with van der Waals surface area (Å²) in [6.07, 6.45) is 0.0607. The van der Waals surface area contributed by atoms with Gasteiger partial charge in [0.25, 0.3) is 0 Å². The molecular weight excluding hydrogens is 182 g/mol. The lowest BCUT2D eigenvalue weighted by Crippen LogP contribution is -2.57. The second-order valence-electron chi connectivity index (χ2n) is 3.74. The van der Waals surface area contributed by atoms with Crippen LogP contribution in [0.4, 0.5) is 0 Å². The van der Waals surface area contributed by atoms with Crippen LogP contribution in [0.1, 0.15) is 6.92 Å². The minimum absolute atomic E-state index is 0.0607. The molecule has 2 unspecified atom stereocenters. The third kappa shape index (κ3) is 2.43. The van der Waals surface area contributed by atoms with Crippen LogP contribution in [-0.4, -0.2) is 61.8 Å². The van der Waals surface area contributed by atoms with E-state index < -0.39 is 0 Å². The molecule has 0 aromatic rings. The van der Waals surface area contributed by atoms with E-state index in [-0.39, 0.29) is 18.2 Å². The quantitative estimate of drug-likeness (QED) is 0.641. The van der Waals surface area contributed by atoms with Crippen molar-refractivity contribution in [1.29, 1.82) is 0 Å². The summed E-state index contributed by atoms with van der Waals surface area (Å²) in [4.78, 5) is 15.2. The monoisotopic (exact) mass is 201 g/mol. The van der Waals surface area contributed by atoms with Gasteiger partial charge in [-0.25, -0.2) is 0 Å². The summed E-state index contributed by atoms with van der Waals surface area (Å²) in [5.74, 6) is -0.274. The Hall–Kier alpha value is -0.650. The molecular formula is C9H19N3O2. The maximum Gasteiger partial charge on any atom is 0.234 e. The van der Waals surface area contributed by atoms with Crippen LogP contribution in [0.25, 0.3) is 0 Å². The number of hydrogen-bond donors (Lipinski definition) is 1. The molecule has 2 atom stereocenters. The molecule has 2 N–H and O–H groups in total. The minimum atomic E-state index is -0.274. The highest BCUT2D eigenvalue weighted by Gasteiger charge is 2.28.